The Kier molecular flexibility index (Phi) is 5.92. The second kappa shape index (κ2) is 9.07. The number of aromatic nitrogens is 1. The van der Waals surface area contributed by atoms with Crippen molar-refractivity contribution in [2.75, 3.05) is 0 Å². The number of rotatable bonds is 6. The lowest BCUT2D eigenvalue weighted by atomic mass is 9.83. The van der Waals surface area contributed by atoms with Gasteiger partial charge in [-0.25, -0.2) is 9.59 Å². The van der Waals surface area contributed by atoms with Gasteiger partial charge in [0.2, 0.25) is 0 Å². The number of hydrogen-bond donors (Lipinski definition) is 1. The van der Waals surface area contributed by atoms with Crippen molar-refractivity contribution in [1.29, 1.82) is 0 Å². The zero-order valence-electron chi connectivity index (χ0n) is 20.0. The second-order valence-electron chi connectivity index (χ2n) is 9.84. The molecule has 7 heteroatoms. The van der Waals surface area contributed by atoms with Gasteiger partial charge >= 0.3 is 11.9 Å². The van der Waals surface area contributed by atoms with E-state index in [0.717, 1.165) is 11.1 Å². The van der Waals surface area contributed by atoms with Gasteiger partial charge in [-0.1, -0.05) is 74.5 Å². The van der Waals surface area contributed by atoms with Crippen molar-refractivity contribution < 1.29 is 24.2 Å². The SMILES string of the molecule is CC1(C)CC2/C(=C\c3cc(C(=O)O)ccn3)C(=O)N2[C@H]1C(=O)OC(c1ccccc1)c1ccccc1. The van der Waals surface area contributed by atoms with Gasteiger partial charge in [-0.15, -0.1) is 0 Å². The van der Waals surface area contributed by atoms with Gasteiger partial charge < -0.3 is 14.7 Å². The van der Waals surface area contributed by atoms with Crippen molar-refractivity contribution >= 4 is 23.9 Å². The maximum Gasteiger partial charge on any atom is 0.335 e. The highest BCUT2D eigenvalue weighted by molar-refractivity contribution is 6.08. The predicted molar refractivity (Wildman–Crippen MR) is 133 cm³/mol. The third-order valence-corrected chi connectivity index (χ3v) is 6.91. The van der Waals surface area contributed by atoms with Gasteiger partial charge in [-0.05, 0) is 41.2 Å². The minimum atomic E-state index is -1.06. The number of carbonyl (C=O) groups is 3. The van der Waals surface area contributed by atoms with Gasteiger partial charge in [0.1, 0.15) is 6.04 Å². The number of carbonyl (C=O) groups excluding carboxylic acids is 2. The lowest BCUT2D eigenvalue weighted by molar-refractivity contribution is -0.162. The summed E-state index contributed by atoms with van der Waals surface area (Å²) in [6.07, 6.45) is 3.02. The van der Waals surface area contributed by atoms with Crippen LogP contribution in [0.25, 0.3) is 6.08 Å². The first kappa shape index (κ1) is 23.5. The predicted octanol–water partition coefficient (Wildman–Crippen LogP) is 4.51. The molecule has 0 saturated carbocycles. The van der Waals surface area contributed by atoms with E-state index in [-0.39, 0.29) is 17.5 Å². The third kappa shape index (κ3) is 4.17. The number of pyridine rings is 1. The van der Waals surface area contributed by atoms with Crippen LogP contribution in [0.3, 0.4) is 0 Å². The Morgan fingerprint density at radius 1 is 1.06 bits per heavy atom. The lowest BCUT2D eigenvalue weighted by Gasteiger charge is -2.41. The summed E-state index contributed by atoms with van der Waals surface area (Å²) < 4.78 is 6.11. The molecule has 0 radical (unpaired) electrons. The molecule has 2 aromatic carbocycles. The molecule has 0 spiro atoms. The van der Waals surface area contributed by atoms with Crippen LogP contribution in [0.5, 0.6) is 0 Å². The Bertz CT molecular complexity index is 1310. The average Bonchev–Trinajstić information content (AvgIpc) is 3.14. The summed E-state index contributed by atoms with van der Waals surface area (Å²) in [4.78, 5) is 43.9. The van der Waals surface area contributed by atoms with Crippen LogP contribution in [0, 0.1) is 5.41 Å². The first-order valence-corrected chi connectivity index (χ1v) is 11.8. The van der Waals surface area contributed by atoms with Crippen LogP contribution < -0.4 is 0 Å². The van der Waals surface area contributed by atoms with Crippen LogP contribution in [0.1, 0.15) is 53.6 Å². The maximum atomic E-state index is 13.6. The monoisotopic (exact) mass is 482 g/mol. The van der Waals surface area contributed by atoms with Crippen molar-refractivity contribution in [1.82, 2.24) is 9.88 Å². The van der Waals surface area contributed by atoms with Crippen molar-refractivity contribution in [3.05, 3.63) is 107 Å². The number of β-lactam (4-membered cyclic amide) rings is 1. The summed E-state index contributed by atoms with van der Waals surface area (Å²) in [6, 6.07) is 20.9. The van der Waals surface area contributed by atoms with E-state index in [1.807, 2.05) is 74.5 Å². The molecular formula is C29H26N2O5. The first-order valence-electron chi connectivity index (χ1n) is 11.8. The molecule has 2 aliphatic heterocycles. The number of hydrogen-bond acceptors (Lipinski definition) is 5. The van der Waals surface area contributed by atoms with Crippen LogP contribution in [0.15, 0.2) is 84.6 Å². The van der Waals surface area contributed by atoms with E-state index in [2.05, 4.69) is 4.98 Å². The molecule has 1 unspecified atom stereocenters. The van der Waals surface area contributed by atoms with Gasteiger partial charge in [-0.3, -0.25) is 9.78 Å². The fourth-order valence-corrected chi connectivity index (χ4v) is 5.18. The summed E-state index contributed by atoms with van der Waals surface area (Å²) in [5, 5.41) is 9.24. The summed E-state index contributed by atoms with van der Waals surface area (Å²) in [5.41, 5.74) is 2.21. The number of fused-ring (bicyclic) bond motifs is 1. The quantitative estimate of drug-likeness (QED) is 0.316. The Hall–Kier alpha value is -4.26. The zero-order valence-corrected chi connectivity index (χ0v) is 20.0. The molecule has 2 fully saturated rings. The largest absolute Gasteiger partial charge is 0.478 e. The smallest absolute Gasteiger partial charge is 0.335 e. The molecule has 0 bridgehead atoms. The van der Waals surface area contributed by atoms with Crippen LogP contribution in [0.2, 0.25) is 0 Å². The second-order valence-corrected chi connectivity index (χ2v) is 9.84. The Morgan fingerprint density at radius 2 is 1.67 bits per heavy atom. The standard InChI is InChI=1S/C29H26N2O5/c1-29(2)17-23-22(16-21-15-20(27(33)34)13-14-30-21)26(32)31(23)25(29)28(35)36-24(18-9-5-3-6-10-18)19-11-7-4-8-12-19/h3-16,23-25H,17H2,1-2H3,(H,33,34)/b22-16+/t23?,25-/m0/s1. The van der Waals surface area contributed by atoms with E-state index < -0.39 is 29.5 Å². The van der Waals surface area contributed by atoms with Crippen molar-refractivity contribution in [3.8, 4) is 0 Å². The Labute approximate surface area is 209 Å². The normalized spacial score (nSPS) is 21.2. The van der Waals surface area contributed by atoms with E-state index >= 15 is 0 Å². The number of ether oxygens (including phenoxy) is 1. The molecule has 0 aliphatic carbocycles. The van der Waals surface area contributed by atoms with E-state index in [4.69, 9.17) is 4.74 Å². The topological polar surface area (TPSA) is 96.8 Å². The van der Waals surface area contributed by atoms with Gasteiger partial charge in [0, 0.05) is 11.8 Å². The molecule has 3 heterocycles. The fraction of sp³-hybridized carbons (Fsp3) is 0.241. The molecule has 3 aromatic rings. The summed E-state index contributed by atoms with van der Waals surface area (Å²) >= 11 is 0. The zero-order chi connectivity index (χ0) is 25.4. The van der Waals surface area contributed by atoms with E-state index in [1.165, 1.54) is 18.3 Å². The van der Waals surface area contributed by atoms with Crippen LogP contribution in [0.4, 0.5) is 0 Å². The highest BCUT2D eigenvalue weighted by Gasteiger charge is 2.61. The highest BCUT2D eigenvalue weighted by Crippen LogP contribution is 2.50. The molecule has 1 aromatic heterocycles. The molecule has 36 heavy (non-hydrogen) atoms. The number of carboxylic acids is 1. The molecule has 7 nitrogen and oxygen atoms in total. The summed E-state index contributed by atoms with van der Waals surface area (Å²) in [6.45, 7) is 3.93. The molecule has 182 valence electrons. The molecular weight excluding hydrogens is 456 g/mol. The van der Waals surface area contributed by atoms with Crippen LogP contribution in [-0.4, -0.2) is 44.9 Å². The highest BCUT2D eigenvalue weighted by atomic mass is 16.5. The Morgan fingerprint density at radius 3 is 2.25 bits per heavy atom. The van der Waals surface area contributed by atoms with Crippen LogP contribution >= 0.6 is 0 Å². The summed E-state index contributed by atoms with van der Waals surface area (Å²) in [5.74, 6) is -1.76. The van der Waals surface area contributed by atoms with Crippen molar-refractivity contribution in [2.24, 2.45) is 5.41 Å². The average molecular weight is 483 g/mol. The van der Waals surface area contributed by atoms with E-state index in [9.17, 15) is 19.5 Å². The van der Waals surface area contributed by atoms with Gasteiger partial charge in [0.25, 0.3) is 5.91 Å². The van der Waals surface area contributed by atoms with Crippen molar-refractivity contribution in [2.45, 2.75) is 38.5 Å². The third-order valence-electron chi connectivity index (χ3n) is 6.91. The number of benzene rings is 2. The molecule has 1 amide bonds. The molecule has 2 aliphatic rings. The minimum absolute atomic E-state index is 0.0987. The van der Waals surface area contributed by atoms with Gasteiger partial charge in [0.05, 0.1) is 17.3 Å². The molecule has 5 rings (SSSR count). The molecule has 2 saturated heterocycles. The van der Waals surface area contributed by atoms with Gasteiger partial charge in [-0.2, -0.15) is 0 Å². The number of carboxylic acid groups (broad SMARTS) is 1. The number of esters is 1. The summed E-state index contributed by atoms with van der Waals surface area (Å²) in [7, 11) is 0. The van der Waals surface area contributed by atoms with Gasteiger partial charge in [0.15, 0.2) is 6.10 Å². The lowest BCUT2D eigenvalue weighted by Crippen LogP contribution is -2.58. The maximum absolute atomic E-state index is 13.6. The molecule has 2 atom stereocenters. The van der Waals surface area contributed by atoms with E-state index in [0.29, 0.717) is 17.7 Å². The fourth-order valence-electron chi connectivity index (χ4n) is 5.18. The number of amides is 1. The first-order chi connectivity index (χ1) is 17.3. The number of nitrogens with zero attached hydrogens (tertiary/aromatic N) is 2. The molecule has 1 N–H and O–H groups in total. The number of aromatic carboxylic acids is 1. The minimum Gasteiger partial charge on any atom is -0.478 e. The van der Waals surface area contributed by atoms with Crippen molar-refractivity contribution in [3.63, 3.8) is 0 Å². The Balaban J connectivity index is 1.41. The van der Waals surface area contributed by atoms with E-state index in [1.54, 1.807) is 11.0 Å². The van der Waals surface area contributed by atoms with Crippen LogP contribution in [-0.2, 0) is 14.3 Å².